The van der Waals surface area contributed by atoms with Crippen molar-refractivity contribution in [2.75, 3.05) is 13.6 Å². The van der Waals surface area contributed by atoms with Crippen molar-refractivity contribution in [1.29, 1.82) is 5.26 Å². The van der Waals surface area contributed by atoms with Gasteiger partial charge in [0.15, 0.2) is 0 Å². The van der Waals surface area contributed by atoms with Gasteiger partial charge in [0, 0.05) is 7.05 Å². The van der Waals surface area contributed by atoms with Crippen LogP contribution in [0.4, 0.5) is 0 Å². The third-order valence-electron chi connectivity index (χ3n) is 2.31. The number of sulfonamides is 1. The maximum atomic E-state index is 11.9. The maximum absolute atomic E-state index is 11.9. The molecule has 0 aliphatic rings. The minimum Gasteiger partial charge on any atom is -0.358 e. The average Bonchev–Trinajstić information content (AvgIpc) is 2.36. The topological polar surface area (TPSA) is 99.1 Å². The molecule has 6 nitrogen and oxygen atoms in total. The van der Waals surface area contributed by atoms with E-state index in [1.165, 1.54) is 19.2 Å². The van der Waals surface area contributed by atoms with E-state index in [0.717, 1.165) is 0 Å². The summed E-state index contributed by atoms with van der Waals surface area (Å²) in [5.41, 5.74) is 0.763. The molecule has 18 heavy (non-hydrogen) atoms. The first-order valence-electron chi connectivity index (χ1n) is 5.11. The van der Waals surface area contributed by atoms with Gasteiger partial charge in [0.2, 0.25) is 15.9 Å². The molecule has 7 heteroatoms. The van der Waals surface area contributed by atoms with Crippen molar-refractivity contribution >= 4 is 15.9 Å². The molecular weight excluding hydrogens is 254 g/mol. The summed E-state index contributed by atoms with van der Waals surface area (Å²) in [6.07, 6.45) is 0. The van der Waals surface area contributed by atoms with Gasteiger partial charge >= 0.3 is 0 Å². The lowest BCUT2D eigenvalue weighted by Crippen LogP contribution is -2.35. The third-order valence-corrected chi connectivity index (χ3v) is 3.85. The zero-order valence-electron chi connectivity index (χ0n) is 10.0. The van der Waals surface area contributed by atoms with E-state index in [2.05, 4.69) is 10.0 Å². The fraction of sp³-hybridized carbons (Fsp3) is 0.273. The lowest BCUT2D eigenvalue weighted by Gasteiger charge is -2.08. The van der Waals surface area contributed by atoms with Crippen molar-refractivity contribution in [3.8, 4) is 6.07 Å². The molecular formula is C11H13N3O3S. The molecule has 1 aromatic carbocycles. The second-order valence-electron chi connectivity index (χ2n) is 3.59. The van der Waals surface area contributed by atoms with E-state index in [-0.39, 0.29) is 17.0 Å². The number of nitriles is 1. The van der Waals surface area contributed by atoms with Crippen LogP contribution in [0, 0.1) is 18.3 Å². The zero-order chi connectivity index (χ0) is 13.8. The molecule has 96 valence electrons. The van der Waals surface area contributed by atoms with Crippen LogP contribution in [-0.2, 0) is 14.8 Å². The molecule has 0 heterocycles. The first kappa shape index (κ1) is 14.2. The van der Waals surface area contributed by atoms with Crippen LogP contribution in [0.1, 0.15) is 11.1 Å². The molecule has 2 N–H and O–H groups in total. The van der Waals surface area contributed by atoms with Crippen LogP contribution in [0.25, 0.3) is 0 Å². The Kier molecular flexibility index (Phi) is 4.42. The second-order valence-corrected chi connectivity index (χ2v) is 5.33. The SMILES string of the molecule is CNC(=O)CNS(=O)(=O)c1cc(C#N)ccc1C. The highest BCUT2D eigenvalue weighted by molar-refractivity contribution is 7.89. The Balaban J connectivity index is 3.05. The highest BCUT2D eigenvalue weighted by atomic mass is 32.2. The molecule has 0 unspecified atom stereocenters. The molecule has 0 aliphatic carbocycles. The summed E-state index contributed by atoms with van der Waals surface area (Å²) in [5.74, 6) is -0.437. The number of carbonyl (C=O) groups excluding carboxylic acids is 1. The molecule has 0 saturated carbocycles. The minimum atomic E-state index is -3.79. The summed E-state index contributed by atoms with van der Waals surface area (Å²) in [6.45, 7) is 1.28. The Labute approximate surface area is 106 Å². The van der Waals surface area contributed by atoms with Crippen LogP contribution in [0.15, 0.2) is 23.1 Å². The average molecular weight is 267 g/mol. The first-order valence-corrected chi connectivity index (χ1v) is 6.60. The quantitative estimate of drug-likeness (QED) is 0.795. The van der Waals surface area contributed by atoms with Gasteiger partial charge in [-0.05, 0) is 24.6 Å². The Bertz CT molecular complexity index is 602. The van der Waals surface area contributed by atoms with Crippen molar-refractivity contribution in [2.24, 2.45) is 0 Å². The van der Waals surface area contributed by atoms with Gasteiger partial charge in [0.1, 0.15) is 0 Å². The molecule has 0 aliphatic heterocycles. The first-order chi connectivity index (χ1) is 8.40. The number of likely N-dealkylation sites (N-methyl/N-ethyl adjacent to an activating group) is 1. The van der Waals surface area contributed by atoms with Crippen molar-refractivity contribution in [3.63, 3.8) is 0 Å². The number of nitrogens with zero attached hydrogens (tertiary/aromatic N) is 1. The monoisotopic (exact) mass is 267 g/mol. The van der Waals surface area contributed by atoms with E-state index in [0.29, 0.717) is 5.56 Å². The van der Waals surface area contributed by atoms with Gasteiger partial charge in [0.05, 0.1) is 23.1 Å². The van der Waals surface area contributed by atoms with E-state index in [1.807, 2.05) is 6.07 Å². The van der Waals surface area contributed by atoms with Crippen molar-refractivity contribution in [2.45, 2.75) is 11.8 Å². The number of hydrogen-bond acceptors (Lipinski definition) is 4. The van der Waals surface area contributed by atoms with Gasteiger partial charge in [-0.2, -0.15) is 5.26 Å². The number of hydrogen-bond donors (Lipinski definition) is 2. The van der Waals surface area contributed by atoms with Gasteiger partial charge in [0.25, 0.3) is 0 Å². The van der Waals surface area contributed by atoms with Crippen molar-refractivity contribution < 1.29 is 13.2 Å². The highest BCUT2D eigenvalue weighted by Gasteiger charge is 2.18. The van der Waals surface area contributed by atoms with E-state index >= 15 is 0 Å². The van der Waals surface area contributed by atoms with Gasteiger partial charge in [-0.1, -0.05) is 6.07 Å². The molecule has 0 spiro atoms. The maximum Gasteiger partial charge on any atom is 0.241 e. The zero-order valence-corrected chi connectivity index (χ0v) is 10.8. The fourth-order valence-electron chi connectivity index (χ4n) is 1.29. The van der Waals surface area contributed by atoms with Crippen LogP contribution in [0.3, 0.4) is 0 Å². The smallest absolute Gasteiger partial charge is 0.241 e. The van der Waals surface area contributed by atoms with E-state index in [4.69, 9.17) is 5.26 Å². The van der Waals surface area contributed by atoms with Crippen LogP contribution < -0.4 is 10.0 Å². The molecule has 1 aromatic rings. The molecule has 0 saturated heterocycles. The van der Waals surface area contributed by atoms with E-state index in [1.54, 1.807) is 13.0 Å². The summed E-state index contributed by atoms with van der Waals surface area (Å²) < 4.78 is 26.1. The molecule has 1 amide bonds. The predicted octanol–water partition coefficient (Wildman–Crippen LogP) is -0.109. The molecule has 1 rings (SSSR count). The summed E-state index contributed by atoms with van der Waals surface area (Å²) in [6, 6.07) is 6.23. The number of amides is 1. The van der Waals surface area contributed by atoms with Crippen molar-refractivity contribution in [1.82, 2.24) is 10.0 Å². The largest absolute Gasteiger partial charge is 0.358 e. The summed E-state index contributed by atoms with van der Waals surface area (Å²) in [4.78, 5) is 11.0. The standard InChI is InChI=1S/C11H13N3O3S/c1-8-3-4-9(6-12)5-10(8)18(16,17)14-7-11(15)13-2/h3-5,14H,7H2,1-2H3,(H,13,15). The second kappa shape index (κ2) is 5.62. The lowest BCUT2D eigenvalue weighted by atomic mass is 10.2. The highest BCUT2D eigenvalue weighted by Crippen LogP contribution is 2.16. The normalized spacial score (nSPS) is 10.7. The summed E-state index contributed by atoms with van der Waals surface area (Å²) >= 11 is 0. The van der Waals surface area contributed by atoms with Gasteiger partial charge in [-0.25, -0.2) is 13.1 Å². The molecule has 0 atom stereocenters. The number of aryl methyl sites for hydroxylation is 1. The molecule has 0 fully saturated rings. The number of rotatable bonds is 4. The number of nitrogens with one attached hydrogen (secondary N) is 2. The number of carbonyl (C=O) groups is 1. The molecule has 0 bridgehead atoms. The van der Waals surface area contributed by atoms with Crippen LogP contribution in [0.5, 0.6) is 0 Å². The molecule has 0 radical (unpaired) electrons. The van der Waals surface area contributed by atoms with Crippen LogP contribution >= 0.6 is 0 Å². The van der Waals surface area contributed by atoms with E-state index in [9.17, 15) is 13.2 Å². The van der Waals surface area contributed by atoms with E-state index < -0.39 is 15.9 Å². The van der Waals surface area contributed by atoms with Gasteiger partial charge < -0.3 is 5.32 Å². The Morgan fingerprint density at radius 3 is 2.67 bits per heavy atom. The molecule has 0 aromatic heterocycles. The van der Waals surface area contributed by atoms with Crippen molar-refractivity contribution in [3.05, 3.63) is 29.3 Å². The predicted molar refractivity (Wildman–Crippen MR) is 65.1 cm³/mol. The minimum absolute atomic E-state index is 0.00505. The summed E-state index contributed by atoms with van der Waals surface area (Å²) in [7, 11) is -2.38. The van der Waals surface area contributed by atoms with Gasteiger partial charge in [-0.3, -0.25) is 4.79 Å². The third kappa shape index (κ3) is 3.29. The Hall–Kier alpha value is -1.91. The fourth-order valence-corrected chi connectivity index (χ4v) is 2.54. The number of benzene rings is 1. The van der Waals surface area contributed by atoms with Crippen LogP contribution in [-0.4, -0.2) is 27.9 Å². The van der Waals surface area contributed by atoms with Gasteiger partial charge in [-0.15, -0.1) is 0 Å². The Morgan fingerprint density at radius 1 is 1.44 bits per heavy atom. The Morgan fingerprint density at radius 2 is 2.11 bits per heavy atom. The lowest BCUT2D eigenvalue weighted by molar-refractivity contribution is -0.119. The summed E-state index contributed by atoms with van der Waals surface area (Å²) in [5, 5.41) is 11.1. The van der Waals surface area contributed by atoms with Crippen LogP contribution in [0.2, 0.25) is 0 Å².